The topological polar surface area (TPSA) is 95.6 Å². The molecule has 0 radical (unpaired) electrons. The average molecular weight is 486 g/mol. The summed E-state index contributed by atoms with van der Waals surface area (Å²) in [6.45, 7) is 6.66. The Kier molecular flexibility index (Phi) is 6.04. The smallest absolute Gasteiger partial charge is 0.325 e. The summed E-state index contributed by atoms with van der Waals surface area (Å²) < 4.78 is 0.779. The molecule has 2 N–H and O–H groups in total. The normalized spacial score (nSPS) is 18.7. The number of amides is 4. The minimum Gasteiger partial charge on any atom is -0.326 e. The molecule has 1 aliphatic heterocycles. The molecular formula is C23H24BrN3O4. The number of urea groups is 1. The SMILES string of the molecule is CC(C)(C)C(=O)Nc1ccc(C(=O)CN2C(=O)N[C@](C)(c3cccc(Br)c3)C2=O)cc1. The molecule has 1 atom stereocenters. The van der Waals surface area contributed by atoms with Gasteiger partial charge in [0.2, 0.25) is 5.91 Å². The lowest BCUT2D eigenvalue weighted by Gasteiger charge is -2.22. The molecule has 2 aromatic carbocycles. The molecule has 3 rings (SSSR count). The first-order valence-corrected chi connectivity index (χ1v) is 10.6. The fraction of sp³-hybridized carbons (Fsp3) is 0.304. The molecule has 0 saturated carbocycles. The van der Waals surface area contributed by atoms with Gasteiger partial charge in [-0.2, -0.15) is 0 Å². The lowest BCUT2D eigenvalue weighted by atomic mass is 9.92. The highest BCUT2D eigenvalue weighted by molar-refractivity contribution is 9.10. The number of carbonyl (C=O) groups excluding carboxylic acids is 4. The van der Waals surface area contributed by atoms with Crippen LogP contribution in [-0.2, 0) is 15.1 Å². The van der Waals surface area contributed by atoms with E-state index in [1.54, 1.807) is 70.2 Å². The van der Waals surface area contributed by atoms with Crippen LogP contribution in [0.5, 0.6) is 0 Å². The van der Waals surface area contributed by atoms with Crippen molar-refractivity contribution < 1.29 is 19.2 Å². The molecule has 1 aliphatic rings. The van der Waals surface area contributed by atoms with E-state index in [1.165, 1.54) is 0 Å². The maximum absolute atomic E-state index is 13.0. The van der Waals surface area contributed by atoms with Crippen LogP contribution in [-0.4, -0.2) is 35.1 Å². The molecular weight excluding hydrogens is 462 g/mol. The predicted molar refractivity (Wildman–Crippen MR) is 121 cm³/mol. The third-order valence-corrected chi connectivity index (χ3v) is 5.62. The summed E-state index contributed by atoms with van der Waals surface area (Å²) in [6, 6.07) is 12.9. The molecule has 8 heteroatoms. The minimum absolute atomic E-state index is 0.141. The first-order valence-electron chi connectivity index (χ1n) is 9.77. The van der Waals surface area contributed by atoms with Crippen LogP contribution in [0.25, 0.3) is 0 Å². The molecule has 1 heterocycles. The fourth-order valence-corrected chi connectivity index (χ4v) is 3.53. The molecule has 7 nitrogen and oxygen atoms in total. The summed E-state index contributed by atoms with van der Waals surface area (Å²) in [5.74, 6) is -1.01. The van der Waals surface area contributed by atoms with Crippen LogP contribution in [0.4, 0.5) is 10.5 Å². The van der Waals surface area contributed by atoms with Crippen molar-refractivity contribution in [1.29, 1.82) is 0 Å². The standard InChI is InChI=1S/C23H24BrN3O4/c1-22(2,3)19(29)25-17-10-8-14(9-11-17)18(28)13-27-20(30)23(4,26-21(27)31)15-6-5-7-16(24)12-15/h5-12H,13H2,1-4H3,(H,25,29)(H,26,31)/t23-/m1/s1. The van der Waals surface area contributed by atoms with Crippen LogP contribution in [0.3, 0.4) is 0 Å². The molecule has 1 saturated heterocycles. The van der Waals surface area contributed by atoms with E-state index in [0.717, 1.165) is 9.37 Å². The maximum Gasteiger partial charge on any atom is 0.325 e. The van der Waals surface area contributed by atoms with Gasteiger partial charge >= 0.3 is 6.03 Å². The Morgan fingerprint density at radius 3 is 2.32 bits per heavy atom. The molecule has 0 aliphatic carbocycles. The summed E-state index contributed by atoms with van der Waals surface area (Å²) in [6.07, 6.45) is 0. The molecule has 2 aromatic rings. The Bertz CT molecular complexity index is 1060. The first kappa shape index (κ1) is 22.7. The summed E-state index contributed by atoms with van der Waals surface area (Å²) in [5.41, 5.74) is -0.269. The van der Waals surface area contributed by atoms with E-state index >= 15 is 0 Å². The largest absolute Gasteiger partial charge is 0.326 e. The van der Waals surface area contributed by atoms with Gasteiger partial charge in [0, 0.05) is 21.1 Å². The molecule has 1 fully saturated rings. The lowest BCUT2D eigenvalue weighted by molar-refractivity contribution is -0.130. The van der Waals surface area contributed by atoms with Crippen molar-refractivity contribution in [3.05, 3.63) is 64.1 Å². The van der Waals surface area contributed by atoms with E-state index in [4.69, 9.17) is 0 Å². The predicted octanol–water partition coefficient (Wildman–Crippen LogP) is 4.08. The second kappa shape index (κ2) is 8.26. The Labute approximate surface area is 189 Å². The second-order valence-electron chi connectivity index (χ2n) is 8.66. The van der Waals surface area contributed by atoms with Gasteiger partial charge in [-0.15, -0.1) is 0 Å². The zero-order chi connectivity index (χ0) is 23.0. The van der Waals surface area contributed by atoms with E-state index in [2.05, 4.69) is 26.6 Å². The Hall–Kier alpha value is -3.00. The number of ketones is 1. The molecule has 4 amide bonds. The second-order valence-corrected chi connectivity index (χ2v) is 9.58. The van der Waals surface area contributed by atoms with Gasteiger partial charge in [-0.25, -0.2) is 4.79 Å². The van der Waals surface area contributed by atoms with E-state index in [9.17, 15) is 19.2 Å². The zero-order valence-electron chi connectivity index (χ0n) is 17.8. The van der Waals surface area contributed by atoms with E-state index in [0.29, 0.717) is 16.8 Å². The first-order chi connectivity index (χ1) is 14.4. The Morgan fingerprint density at radius 1 is 1.10 bits per heavy atom. The highest BCUT2D eigenvalue weighted by Crippen LogP contribution is 2.30. The van der Waals surface area contributed by atoms with Crippen molar-refractivity contribution in [2.45, 2.75) is 33.2 Å². The number of hydrogen-bond donors (Lipinski definition) is 2. The Balaban J connectivity index is 1.72. The number of rotatable bonds is 5. The number of Topliss-reactive ketones (excluding diaryl/α,β-unsaturated/α-hetero) is 1. The third-order valence-electron chi connectivity index (χ3n) is 5.12. The monoisotopic (exact) mass is 485 g/mol. The van der Waals surface area contributed by atoms with Crippen molar-refractivity contribution in [2.24, 2.45) is 5.41 Å². The highest BCUT2D eigenvalue weighted by Gasteiger charge is 2.49. The van der Waals surface area contributed by atoms with Crippen molar-refractivity contribution >= 4 is 45.2 Å². The van der Waals surface area contributed by atoms with Gasteiger partial charge in [-0.3, -0.25) is 19.3 Å². The molecule has 31 heavy (non-hydrogen) atoms. The maximum atomic E-state index is 13.0. The van der Waals surface area contributed by atoms with Crippen molar-refractivity contribution in [2.75, 3.05) is 11.9 Å². The number of hydrogen-bond acceptors (Lipinski definition) is 4. The average Bonchev–Trinajstić information content (AvgIpc) is 2.92. The van der Waals surface area contributed by atoms with Crippen LogP contribution in [0.15, 0.2) is 53.0 Å². The van der Waals surface area contributed by atoms with Gasteiger partial charge in [-0.1, -0.05) is 48.8 Å². The van der Waals surface area contributed by atoms with Gasteiger partial charge in [-0.05, 0) is 48.9 Å². The molecule has 0 spiro atoms. The Morgan fingerprint density at radius 2 is 1.74 bits per heavy atom. The van der Waals surface area contributed by atoms with Crippen LogP contribution >= 0.6 is 15.9 Å². The lowest BCUT2D eigenvalue weighted by Crippen LogP contribution is -2.41. The number of nitrogens with zero attached hydrogens (tertiary/aromatic N) is 1. The summed E-state index contributed by atoms with van der Waals surface area (Å²) in [7, 11) is 0. The number of halogens is 1. The number of nitrogens with one attached hydrogen (secondary N) is 2. The number of anilines is 1. The molecule has 0 unspecified atom stereocenters. The summed E-state index contributed by atoms with van der Waals surface area (Å²) in [4.78, 5) is 51.2. The van der Waals surface area contributed by atoms with Gasteiger partial charge in [0.25, 0.3) is 5.91 Å². The summed E-state index contributed by atoms with van der Waals surface area (Å²) >= 11 is 3.37. The molecule has 0 aromatic heterocycles. The molecule has 162 valence electrons. The number of carbonyl (C=O) groups is 4. The van der Waals surface area contributed by atoms with Gasteiger partial charge in [0.1, 0.15) is 5.54 Å². The van der Waals surface area contributed by atoms with E-state index in [1.807, 2.05) is 6.07 Å². The van der Waals surface area contributed by atoms with Crippen molar-refractivity contribution in [1.82, 2.24) is 10.2 Å². The molecule has 0 bridgehead atoms. The van der Waals surface area contributed by atoms with Gasteiger partial charge < -0.3 is 10.6 Å². The van der Waals surface area contributed by atoms with Crippen LogP contribution in [0, 0.1) is 5.41 Å². The van der Waals surface area contributed by atoms with Crippen molar-refractivity contribution in [3.8, 4) is 0 Å². The van der Waals surface area contributed by atoms with Gasteiger partial charge in [0.05, 0.1) is 6.54 Å². The summed E-state index contributed by atoms with van der Waals surface area (Å²) in [5, 5.41) is 5.48. The minimum atomic E-state index is -1.25. The third kappa shape index (κ3) is 4.69. The van der Waals surface area contributed by atoms with Gasteiger partial charge in [0.15, 0.2) is 5.78 Å². The quantitative estimate of drug-likeness (QED) is 0.492. The van der Waals surface area contributed by atoms with Crippen LogP contribution < -0.4 is 10.6 Å². The fourth-order valence-electron chi connectivity index (χ4n) is 3.13. The van der Waals surface area contributed by atoms with Crippen LogP contribution in [0.1, 0.15) is 43.6 Å². The van der Waals surface area contributed by atoms with E-state index in [-0.39, 0.29) is 18.2 Å². The van der Waals surface area contributed by atoms with Crippen LogP contribution in [0.2, 0.25) is 0 Å². The zero-order valence-corrected chi connectivity index (χ0v) is 19.4. The van der Waals surface area contributed by atoms with Crippen molar-refractivity contribution in [3.63, 3.8) is 0 Å². The number of benzene rings is 2. The van der Waals surface area contributed by atoms with E-state index < -0.39 is 22.9 Å². The highest BCUT2D eigenvalue weighted by atomic mass is 79.9. The number of imide groups is 1.